The van der Waals surface area contributed by atoms with Crippen molar-refractivity contribution in [1.82, 2.24) is 10.6 Å². The van der Waals surface area contributed by atoms with Crippen molar-refractivity contribution in [3.05, 3.63) is 119 Å². The molecule has 0 radical (unpaired) electrons. The predicted molar refractivity (Wildman–Crippen MR) is 161 cm³/mol. The number of nitrogens with two attached hydrogens (primary N) is 1. The SMILES string of the molecule is NC(=NC/C=C/C1=CC=CCN1)C(=O)NCc1ccccc1C(=O)C#CCC1(c2ccc3ccccc3c2)CC1. The fourth-order valence-electron chi connectivity index (χ4n) is 4.75. The molecule has 3 aromatic carbocycles. The highest BCUT2D eigenvalue weighted by Gasteiger charge is 2.43. The van der Waals surface area contributed by atoms with Gasteiger partial charge in [-0.2, -0.15) is 0 Å². The highest BCUT2D eigenvalue weighted by Crippen LogP contribution is 2.51. The number of amidine groups is 1. The molecule has 1 amide bonds. The number of rotatable bonds is 8. The number of fused-ring (bicyclic) bond motifs is 1. The summed E-state index contributed by atoms with van der Waals surface area (Å²) in [5.41, 5.74) is 9.31. The molecule has 1 fully saturated rings. The second kappa shape index (κ2) is 12.3. The predicted octanol–water partition coefficient (Wildman–Crippen LogP) is 4.72. The van der Waals surface area contributed by atoms with Crippen LogP contribution in [0.15, 0.2) is 108 Å². The van der Waals surface area contributed by atoms with Crippen LogP contribution in [0.4, 0.5) is 0 Å². The first-order valence-electron chi connectivity index (χ1n) is 13.5. The summed E-state index contributed by atoms with van der Waals surface area (Å²) in [6.45, 7) is 1.22. The van der Waals surface area contributed by atoms with Gasteiger partial charge in [-0.05, 0) is 52.8 Å². The number of amides is 1. The summed E-state index contributed by atoms with van der Waals surface area (Å²) in [6, 6.07) is 22.1. The quantitative estimate of drug-likeness (QED) is 0.130. The summed E-state index contributed by atoms with van der Waals surface area (Å²) < 4.78 is 0. The number of benzene rings is 3. The molecule has 1 saturated carbocycles. The monoisotopic (exact) mass is 528 g/mol. The number of nitrogens with zero attached hydrogens (tertiary/aromatic N) is 1. The van der Waals surface area contributed by atoms with Gasteiger partial charge in [0.25, 0.3) is 5.91 Å². The van der Waals surface area contributed by atoms with E-state index in [-0.39, 0.29) is 30.1 Å². The van der Waals surface area contributed by atoms with E-state index >= 15 is 0 Å². The van der Waals surface area contributed by atoms with Crippen LogP contribution in [-0.4, -0.2) is 30.6 Å². The van der Waals surface area contributed by atoms with Gasteiger partial charge in [0.05, 0.1) is 6.54 Å². The maximum absolute atomic E-state index is 13.0. The van der Waals surface area contributed by atoms with Crippen LogP contribution >= 0.6 is 0 Å². The van der Waals surface area contributed by atoms with Crippen molar-refractivity contribution in [3.63, 3.8) is 0 Å². The fraction of sp³-hybridized carbons (Fsp3) is 0.206. The van der Waals surface area contributed by atoms with Crippen LogP contribution in [0.2, 0.25) is 0 Å². The molecule has 6 heteroatoms. The Bertz CT molecular complexity index is 1610. The van der Waals surface area contributed by atoms with E-state index in [1.54, 1.807) is 12.1 Å². The summed E-state index contributed by atoms with van der Waals surface area (Å²) in [5, 5.41) is 8.41. The molecule has 200 valence electrons. The first-order chi connectivity index (χ1) is 19.5. The third-order valence-corrected chi connectivity index (χ3v) is 7.28. The summed E-state index contributed by atoms with van der Waals surface area (Å²) >= 11 is 0. The molecule has 0 aromatic heterocycles. The Hall–Kier alpha value is -4.89. The summed E-state index contributed by atoms with van der Waals surface area (Å²) in [6.07, 6.45) is 12.5. The van der Waals surface area contributed by atoms with E-state index < -0.39 is 5.91 Å². The van der Waals surface area contributed by atoms with Gasteiger partial charge in [-0.15, -0.1) is 0 Å². The van der Waals surface area contributed by atoms with Gasteiger partial charge in [-0.3, -0.25) is 14.6 Å². The number of hydrogen-bond donors (Lipinski definition) is 3. The molecular weight excluding hydrogens is 496 g/mol. The number of allylic oxidation sites excluding steroid dienone is 3. The zero-order chi connectivity index (χ0) is 27.8. The Kier molecular flexibility index (Phi) is 8.22. The maximum atomic E-state index is 13.0. The zero-order valence-corrected chi connectivity index (χ0v) is 22.3. The van der Waals surface area contributed by atoms with Crippen molar-refractivity contribution in [2.75, 3.05) is 13.1 Å². The Morgan fingerprint density at radius 1 is 1.05 bits per heavy atom. The Morgan fingerprint density at radius 3 is 2.65 bits per heavy atom. The van der Waals surface area contributed by atoms with Gasteiger partial charge in [-0.25, -0.2) is 0 Å². The van der Waals surface area contributed by atoms with Gasteiger partial charge in [0.15, 0.2) is 5.84 Å². The Balaban J connectivity index is 1.17. The molecule has 0 bridgehead atoms. The maximum Gasteiger partial charge on any atom is 0.286 e. The minimum Gasteiger partial charge on any atom is -0.382 e. The lowest BCUT2D eigenvalue weighted by Crippen LogP contribution is -2.36. The number of carbonyl (C=O) groups is 2. The van der Waals surface area contributed by atoms with Crippen molar-refractivity contribution in [2.24, 2.45) is 10.7 Å². The molecule has 6 nitrogen and oxygen atoms in total. The highest BCUT2D eigenvalue weighted by atomic mass is 16.2. The summed E-state index contributed by atoms with van der Waals surface area (Å²) in [4.78, 5) is 29.6. The standard InChI is InChI=1S/C34H32N4O2/c35-32(37-22-8-13-29-12-5-6-21-36-29)33(40)38-24-27-11-3-4-14-30(27)31(39)15-7-18-34(19-20-34)28-17-16-25-9-1-2-10-26(25)23-28/h1-6,8-14,16-17,23,36H,18-22,24H2,(H2,35,37)(H,38,40)/b13-8+. The van der Waals surface area contributed by atoms with Crippen molar-refractivity contribution in [3.8, 4) is 11.8 Å². The lowest BCUT2D eigenvalue weighted by Gasteiger charge is -2.13. The van der Waals surface area contributed by atoms with E-state index in [4.69, 9.17) is 5.73 Å². The molecule has 0 atom stereocenters. The molecule has 1 aliphatic carbocycles. The van der Waals surface area contributed by atoms with E-state index in [0.29, 0.717) is 17.5 Å². The number of ketones is 1. The highest BCUT2D eigenvalue weighted by molar-refractivity contribution is 6.37. The largest absolute Gasteiger partial charge is 0.382 e. The van der Waals surface area contributed by atoms with Gasteiger partial charge in [0.1, 0.15) is 0 Å². The second-order valence-electron chi connectivity index (χ2n) is 10.0. The van der Waals surface area contributed by atoms with Crippen LogP contribution in [0.25, 0.3) is 10.8 Å². The molecule has 0 saturated heterocycles. The molecule has 1 heterocycles. The normalized spacial score (nSPS) is 15.6. The van der Waals surface area contributed by atoms with Gasteiger partial charge < -0.3 is 16.4 Å². The number of hydrogen-bond acceptors (Lipinski definition) is 4. The van der Waals surface area contributed by atoms with Crippen LogP contribution < -0.4 is 16.4 Å². The minimum atomic E-state index is -0.481. The second-order valence-corrected chi connectivity index (χ2v) is 10.0. The summed E-state index contributed by atoms with van der Waals surface area (Å²) in [7, 11) is 0. The van der Waals surface area contributed by atoms with Crippen molar-refractivity contribution < 1.29 is 9.59 Å². The van der Waals surface area contributed by atoms with E-state index in [0.717, 1.165) is 25.1 Å². The third kappa shape index (κ3) is 6.57. The van der Waals surface area contributed by atoms with Crippen molar-refractivity contribution in [2.45, 2.75) is 31.2 Å². The average molecular weight is 529 g/mol. The van der Waals surface area contributed by atoms with E-state index in [2.05, 4.69) is 63.9 Å². The first-order valence-corrected chi connectivity index (χ1v) is 13.5. The van der Waals surface area contributed by atoms with Gasteiger partial charge >= 0.3 is 0 Å². The van der Waals surface area contributed by atoms with Crippen LogP contribution in [0, 0.1) is 11.8 Å². The molecule has 40 heavy (non-hydrogen) atoms. The van der Waals surface area contributed by atoms with E-state index in [1.165, 1.54) is 16.3 Å². The molecule has 5 rings (SSSR count). The lowest BCUT2D eigenvalue weighted by molar-refractivity contribution is -0.115. The number of Topliss-reactive ketones (excluding diaryl/α,β-unsaturated/α-hetero) is 1. The molecule has 0 unspecified atom stereocenters. The minimum absolute atomic E-state index is 0.0256. The smallest absolute Gasteiger partial charge is 0.286 e. The third-order valence-electron chi connectivity index (χ3n) is 7.28. The fourth-order valence-corrected chi connectivity index (χ4v) is 4.75. The van der Waals surface area contributed by atoms with Crippen LogP contribution in [0.3, 0.4) is 0 Å². The van der Waals surface area contributed by atoms with Crippen LogP contribution in [0.5, 0.6) is 0 Å². The molecule has 4 N–H and O–H groups in total. The van der Waals surface area contributed by atoms with Gasteiger partial charge in [0, 0.05) is 36.2 Å². The number of carbonyl (C=O) groups excluding carboxylic acids is 2. The average Bonchev–Trinajstić information content (AvgIpc) is 3.79. The van der Waals surface area contributed by atoms with E-state index in [1.807, 2.05) is 48.6 Å². The zero-order valence-electron chi connectivity index (χ0n) is 22.3. The molecule has 2 aliphatic rings. The Labute approximate surface area is 234 Å². The molecular formula is C34H32N4O2. The van der Waals surface area contributed by atoms with Crippen LogP contribution in [-0.2, 0) is 16.8 Å². The number of nitrogens with one attached hydrogen (secondary N) is 2. The first kappa shape index (κ1) is 26.7. The van der Waals surface area contributed by atoms with Crippen molar-refractivity contribution in [1.29, 1.82) is 0 Å². The Morgan fingerprint density at radius 2 is 1.85 bits per heavy atom. The van der Waals surface area contributed by atoms with E-state index in [9.17, 15) is 9.59 Å². The van der Waals surface area contributed by atoms with Gasteiger partial charge in [0.2, 0.25) is 5.78 Å². The summed E-state index contributed by atoms with van der Waals surface area (Å²) in [5.74, 6) is 5.15. The molecule has 3 aromatic rings. The topological polar surface area (TPSA) is 96.6 Å². The van der Waals surface area contributed by atoms with Crippen molar-refractivity contribution >= 4 is 28.3 Å². The van der Waals surface area contributed by atoms with Crippen LogP contribution in [0.1, 0.15) is 40.7 Å². The molecule has 1 aliphatic heterocycles. The number of aliphatic imine (C=N–C) groups is 1. The molecule has 0 spiro atoms. The lowest BCUT2D eigenvalue weighted by atomic mass is 9.90. The number of dihydropyridines is 1. The van der Waals surface area contributed by atoms with Gasteiger partial charge in [-0.1, -0.05) is 90.9 Å².